The van der Waals surface area contributed by atoms with Crippen molar-refractivity contribution in [3.8, 4) is 5.75 Å². The van der Waals surface area contributed by atoms with Gasteiger partial charge in [-0.25, -0.2) is 0 Å². The van der Waals surface area contributed by atoms with Crippen molar-refractivity contribution in [2.45, 2.75) is 6.18 Å². The summed E-state index contributed by atoms with van der Waals surface area (Å²) in [5, 5.41) is 0. The molecule has 0 saturated heterocycles. The lowest BCUT2D eigenvalue weighted by atomic mass is 10.1. The van der Waals surface area contributed by atoms with Crippen LogP contribution >= 0.6 is 15.9 Å². The second-order valence-electron chi connectivity index (χ2n) is 2.54. The maximum Gasteiger partial charge on any atom is 0.418 e. The highest BCUT2D eigenvalue weighted by Gasteiger charge is 2.34. The molecule has 0 unspecified atom stereocenters. The summed E-state index contributed by atoms with van der Waals surface area (Å²) in [5.41, 5.74) is 4.06. The van der Waals surface area contributed by atoms with Gasteiger partial charge in [-0.3, -0.25) is 0 Å². The molecule has 78 valence electrons. The number of ether oxygens (including phenoxy) is 1. The Hall–Kier alpha value is -0.910. The number of methoxy groups -OCH3 is 1. The van der Waals surface area contributed by atoms with Gasteiger partial charge in [-0.15, -0.1) is 0 Å². The second kappa shape index (κ2) is 3.68. The molecule has 0 fully saturated rings. The highest BCUT2D eigenvalue weighted by Crippen LogP contribution is 2.40. The Balaban J connectivity index is 3.31. The Bertz CT molecular complexity index is 351. The average molecular weight is 270 g/mol. The number of rotatable bonds is 1. The quantitative estimate of drug-likeness (QED) is 0.796. The number of anilines is 1. The van der Waals surface area contributed by atoms with Crippen LogP contribution in [0.25, 0.3) is 0 Å². The van der Waals surface area contributed by atoms with Gasteiger partial charge in [0.1, 0.15) is 5.75 Å². The molecule has 1 rings (SSSR count). The minimum absolute atomic E-state index is 0.120. The van der Waals surface area contributed by atoms with E-state index in [0.717, 1.165) is 6.07 Å². The molecular formula is C8H7BrF3NO. The molecule has 14 heavy (non-hydrogen) atoms. The third-order valence-corrected chi connectivity index (χ3v) is 2.49. The minimum atomic E-state index is -4.45. The van der Waals surface area contributed by atoms with Crippen LogP contribution < -0.4 is 10.5 Å². The minimum Gasteiger partial charge on any atom is -0.495 e. The van der Waals surface area contributed by atoms with Gasteiger partial charge in [0.05, 0.1) is 22.8 Å². The molecule has 0 aliphatic heterocycles. The summed E-state index contributed by atoms with van der Waals surface area (Å²) in [4.78, 5) is 0. The molecule has 1 aromatic carbocycles. The van der Waals surface area contributed by atoms with E-state index < -0.39 is 11.7 Å². The third kappa shape index (κ3) is 1.95. The Labute approximate surface area is 87.0 Å². The van der Waals surface area contributed by atoms with E-state index in [0.29, 0.717) is 0 Å². The number of benzene rings is 1. The topological polar surface area (TPSA) is 35.2 Å². The van der Waals surface area contributed by atoms with E-state index in [1.54, 1.807) is 0 Å². The molecule has 0 radical (unpaired) electrons. The summed E-state index contributed by atoms with van der Waals surface area (Å²) in [7, 11) is 1.35. The van der Waals surface area contributed by atoms with Crippen molar-refractivity contribution < 1.29 is 17.9 Å². The van der Waals surface area contributed by atoms with Crippen molar-refractivity contribution in [2.24, 2.45) is 0 Å². The van der Waals surface area contributed by atoms with Crippen LogP contribution in [-0.4, -0.2) is 7.11 Å². The normalized spacial score (nSPS) is 11.5. The number of hydrogen-bond acceptors (Lipinski definition) is 2. The van der Waals surface area contributed by atoms with E-state index >= 15 is 0 Å². The maximum atomic E-state index is 12.3. The highest BCUT2D eigenvalue weighted by atomic mass is 79.9. The van der Waals surface area contributed by atoms with Gasteiger partial charge in [-0.1, -0.05) is 0 Å². The SMILES string of the molecule is COc1ccc(C(F)(F)F)c(N)c1Br. The molecule has 0 bridgehead atoms. The molecule has 0 atom stereocenters. The Morgan fingerprint density at radius 2 is 1.93 bits per heavy atom. The number of hydrogen-bond donors (Lipinski definition) is 1. The lowest BCUT2D eigenvalue weighted by Crippen LogP contribution is -2.09. The smallest absolute Gasteiger partial charge is 0.418 e. The van der Waals surface area contributed by atoms with Gasteiger partial charge < -0.3 is 10.5 Å². The summed E-state index contributed by atoms with van der Waals surface area (Å²) < 4.78 is 41.9. The first kappa shape index (κ1) is 11.2. The predicted octanol–water partition coefficient (Wildman–Crippen LogP) is 3.06. The van der Waals surface area contributed by atoms with Crippen LogP contribution in [0.1, 0.15) is 5.56 Å². The summed E-state index contributed by atoms with van der Waals surface area (Å²) in [6, 6.07) is 2.10. The first-order valence-electron chi connectivity index (χ1n) is 3.57. The van der Waals surface area contributed by atoms with Crippen LogP contribution in [0, 0.1) is 0 Å². The zero-order valence-electron chi connectivity index (χ0n) is 7.15. The monoisotopic (exact) mass is 269 g/mol. The van der Waals surface area contributed by atoms with Gasteiger partial charge in [0.2, 0.25) is 0 Å². The number of halogens is 4. The lowest BCUT2D eigenvalue weighted by molar-refractivity contribution is -0.136. The van der Waals surface area contributed by atoms with Crippen molar-refractivity contribution in [3.05, 3.63) is 22.2 Å². The average Bonchev–Trinajstić information content (AvgIpc) is 2.07. The molecule has 0 amide bonds. The molecule has 2 nitrogen and oxygen atoms in total. The number of nitrogen functional groups attached to an aromatic ring is 1. The maximum absolute atomic E-state index is 12.3. The molecule has 0 saturated carbocycles. The largest absolute Gasteiger partial charge is 0.495 e. The van der Waals surface area contributed by atoms with Crippen molar-refractivity contribution in [2.75, 3.05) is 12.8 Å². The molecule has 1 aromatic rings. The summed E-state index contributed by atoms with van der Waals surface area (Å²) in [5.74, 6) is 0.274. The number of alkyl halides is 3. The number of nitrogens with two attached hydrogens (primary N) is 1. The zero-order chi connectivity index (χ0) is 10.9. The second-order valence-corrected chi connectivity index (χ2v) is 3.33. The fourth-order valence-electron chi connectivity index (χ4n) is 0.978. The van der Waals surface area contributed by atoms with E-state index in [9.17, 15) is 13.2 Å². The van der Waals surface area contributed by atoms with Gasteiger partial charge in [0.25, 0.3) is 0 Å². The van der Waals surface area contributed by atoms with E-state index in [-0.39, 0.29) is 15.9 Å². The van der Waals surface area contributed by atoms with Crippen LogP contribution in [0.5, 0.6) is 5.75 Å². The lowest BCUT2D eigenvalue weighted by Gasteiger charge is -2.13. The standard InChI is InChI=1S/C8H7BrF3NO/c1-14-5-3-2-4(8(10,11)12)7(13)6(5)9/h2-3H,13H2,1H3. The van der Waals surface area contributed by atoms with Gasteiger partial charge in [-0.05, 0) is 28.1 Å². The van der Waals surface area contributed by atoms with Crippen molar-refractivity contribution >= 4 is 21.6 Å². The Morgan fingerprint density at radius 1 is 1.36 bits per heavy atom. The molecule has 6 heteroatoms. The van der Waals surface area contributed by atoms with Crippen LogP contribution in [0.4, 0.5) is 18.9 Å². The molecule has 0 spiro atoms. The van der Waals surface area contributed by atoms with E-state index in [2.05, 4.69) is 15.9 Å². The van der Waals surface area contributed by atoms with Crippen LogP contribution in [-0.2, 0) is 6.18 Å². The third-order valence-electron chi connectivity index (χ3n) is 1.67. The highest BCUT2D eigenvalue weighted by molar-refractivity contribution is 9.10. The Morgan fingerprint density at radius 3 is 2.36 bits per heavy atom. The summed E-state index contributed by atoms with van der Waals surface area (Å²) >= 11 is 2.93. The molecular weight excluding hydrogens is 263 g/mol. The van der Waals surface area contributed by atoms with Crippen LogP contribution in [0.2, 0.25) is 0 Å². The van der Waals surface area contributed by atoms with Crippen LogP contribution in [0.15, 0.2) is 16.6 Å². The summed E-state index contributed by atoms with van der Waals surface area (Å²) in [6.07, 6.45) is -4.45. The van der Waals surface area contributed by atoms with Crippen molar-refractivity contribution in [1.29, 1.82) is 0 Å². The van der Waals surface area contributed by atoms with Gasteiger partial charge in [0, 0.05) is 0 Å². The van der Waals surface area contributed by atoms with Crippen LogP contribution in [0.3, 0.4) is 0 Å². The fourth-order valence-corrected chi connectivity index (χ4v) is 1.49. The fraction of sp³-hybridized carbons (Fsp3) is 0.250. The first-order valence-corrected chi connectivity index (χ1v) is 4.36. The summed E-state index contributed by atoms with van der Waals surface area (Å²) in [6.45, 7) is 0. The molecule has 0 aliphatic rings. The predicted molar refractivity (Wildman–Crippen MR) is 50.1 cm³/mol. The first-order chi connectivity index (χ1) is 6.38. The molecule has 2 N–H and O–H groups in total. The van der Waals surface area contributed by atoms with Gasteiger partial charge in [-0.2, -0.15) is 13.2 Å². The van der Waals surface area contributed by atoms with E-state index in [4.69, 9.17) is 10.5 Å². The van der Waals surface area contributed by atoms with Crippen molar-refractivity contribution in [3.63, 3.8) is 0 Å². The van der Waals surface area contributed by atoms with Gasteiger partial charge in [0.15, 0.2) is 0 Å². The molecule has 0 aromatic heterocycles. The Kier molecular flexibility index (Phi) is 2.94. The molecule has 0 aliphatic carbocycles. The van der Waals surface area contributed by atoms with E-state index in [1.807, 2.05) is 0 Å². The van der Waals surface area contributed by atoms with E-state index in [1.165, 1.54) is 13.2 Å². The molecule has 0 heterocycles. The van der Waals surface area contributed by atoms with Gasteiger partial charge >= 0.3 is 6.18 Å². The zero-order valence-corrected chi connectivity index (χ0v) is 8.74. The van der Waals surface area contributed by atoms with Crippen molar-refractivity contribution in [1.82, 2.24) is 0 Å².